The maximum absolute atomic E-state index is 2.40. The van der Waals surface area contributed by atoms with Gasteiger partial charge in [-0.15, -0.1) is 0 Å². The second-order valence-electron chi connectivity index (χ2n) is 4.43. The Balaban J connectivity index is 3.61. The minimum absolute atomic E-state index is 0.647. The van der Waals surface area contributed by atoms with Crippen molar-refractivity contribution in [1.29, 1.82) is 0 Å². The quantitative estimate of drug-likeness (QED) is 0.620. The van der Waals surface area contributed by atoms with Crippen LogP contribution in [0.2, 0.25) is 0 Å². The average Bonchev–Trinajstić information content (AvgIpc) is 1.84. The summed E-state index contributed by atoms with van der Waals surface area (Å²) >= 11 is 0. The molecular weight excluding hydrogens is 148 g/mol. The molecule has 0 aliphatic rings. The summed E-state index contributed by atoms with van der Waals surface area (Å²) in [6.07, 6.45) is 0. The van der Waals surface area contributed by atoms with Crippen LogP contribution in [0.4, 0.5) is 0 Å². The molecule has 0 radical (unpaired) electrons. The van der Waals surface area contributed by atoms with Crippen molar-refractivity contribution in [2.45, 2.75) is 26.8 Å². The third kappa shape index (κ3) is 5.56. The molecule has 0 fully saturated rings. The Labute approximate surface area is 77.5 Å². The van der Waals surface area contributed by atoms with Gasteiger partial charge in [0.15, 0.2) is 0 Å². The first-order chi connectivity index (χ1) is 5.43. The Kier molecular flexibility index (Phi) is 5.51. The predicted molar refractivity (Wildman–Crippen MR) is 55.5 cm³/mol. The SMILES string of the molecule is CC(C)CN(C)C[C@@H](C)N(C)C. The molecule has 0 N–H and O–H groups in total. The molecule has 0 rings (SSSR count). The first-order valence-electron chi connectivity index (χ1n) is 4.78. The zero-order valence-corrected chi connectivity index (χ0v) is 9.46. The Morgan fingerprint density at radius 1 is 0.917 bits per heavy atom. The summed E-state index contributed by atoms with van der Waals surface area (Å²) < 4.78 is 0. The van der Waals surface area contributed by atoms with E-state index < -0.39 is 0 Å². The lowest BCUT2D eigenvalue weighted by atomic mass is 10.2. The lowest BCUT2D eigenvalue weighted by Crippen LogP contribution is -2.37. The van der Waals surface area contributed by atoms with Crippen LogP contribution in [0.3, 0.4) is 0 Å². The molecule has 0 amide bonds. The Hall–Kier alpha value is -0.0800. The van der Waals surface area contributed by atoms with E-state index in [1.54, 1.807) is 0 Å². The summed E-state index contributed by atoms with van der Waals surface area (Å²) in [7, 11) is 6.46. The molecule has 0 aliphatic heterocycles. The summed E-state index contributed by atoms with van der Waals surface area (Å²) in [4.78, 5) is 4.66. The van der Waals surface area contributed by atoms with Crippen LogP contribution in [0.5, 0.6) is 0 Å². The van der Waals surface area contributed by atoms with Crippen LogP contribution in [-0.4, -0.2) is 50.1 Å². The van der Waals surface area contributed by atoms with Crippen LogP contribution in [0.15, 0.2) is 0 Å². The van der Waals surface area contributed by atoms with E-state index >= 15 is 0 Å². The van der Waals surface area contributed by atoms with E-state index in [1.165, 1.54) is 6.54 Å². The highest BCUT2D eigenvalue weighted by Crippen LogP contribution is 1.99. The second kappa shape index (κ2) is 5.55. The van der Waals surface area contributed by atoms with Gasteiger partial charge < -0.3 is 9.80 Å². The molecule has 0 saturated heterocycles. The first-order valence-corrected chi connectivity index (χ1v) is 4.78. The average molecular weight is 172 g/mol. The molecule has 0 unspecified atom stereocenters. The highest BCUT2D eigenvalue weighted by atomic mass is 15.2. The Bertz CT molecular complexity index is 110. The van der Waals surface area contributed by atoms with Gasteiger partial charge in [0, 0.05) is 19.1 Å². The third-order valence-corrected chi connectivity index (χ3v) is 2.13. The van der Waals surface area contributed by atoms with Crippen molar-refractivity contribution in [1.82, 2.24) is 9.80 Å². The van der Waals surface area contributed by atoms with Crippen molar-refractivity contribution in [2.75, 3.05) is 34.2 Å². The van der Waals surface area contributed by atoms with Gasteiger partial charge >= 0.3 is 0 Å². The predicted octanol–water partition coefficient (Wildman–Crippen LogP) is 1.52. The molecule has 12 heavy (non-hydrogen) atoms. The van der Waals surface area contributed by atoms with Gasteiger partial charge in [0.1, 0.15) is 0 Å². The summed E-state index contributed by atoms with van der Waals surface area (Å²) in [6.45, 7) is 9.13. The van der Waals surface area contributed by atoms with Gasteiger partial charge in [-0.05, 0) is 34.0 Å². The topological polar surface area (TPSA) is 6.48 Å². The molecule has 1 atom stereocenters. The highest BCUT2D eigenvalue weighted by molar-refractivity contribution is 4.65. The molecule has 0 aliphatic carbocycles. The minimum atomic E-state index is 0.647. The van der Waals surface area contributed by atoms with Gasteiger partial charge in [-0.2, -0.15) is 0 Å². The molecular formula is C10H24N2. The number of likely N-dealkylation sites (N-methyl/N-ethyl adjacent to an activating group) is 2. The molecule has 0 saturated carbocycles. The molecule has 2 heteroatoms. The van der Waals surface area contributed by atoms with Gasteiger partial charge in [0.25, 0.3) is 0 Å². The van der Waals surface area contributed by atoms with E-state index in [-0.39, 0.29) is 0 Å². The third-order valence-electron chi connectivity index (χ3n) is 2.13. The molecule has 0 bridgehead atoms. The second-order valence-corrected chi connectivity index (χ2v) is 4.43. The van der Waals surface area contributed by atoms with Crippen LogP contribution in [0.1, 0.15) is 20.8 Å². The van der Waals surface area contributed by atoms with Crippen molar-refractivity contribution < 1.29 is 0 Å². The van der Waals surface area contributed by atoms with E-state index in [4.69, 9.17) is 0 Å². The summed E-state index contributed by atoms with van der Waals surface area (Å²) in [5.41, 5.74) is 0. The maximum Gasteiger partial charge on any atom is 0.0188 e. The molecule has 0 aromatic rings. The van der Waals surface area contributed by atoms with Gasteiger partial charge in [0.05, 0.1) is 0 Å². The van der Waals surface area contributed by atoms with Crippen molar-refractivity contribution >= 4 is 0 Å². The van der Waals surface area contributed by atoms with Crippen LogP contribution >= 0.6 is 0 Å². The van der Waals surface area contributed by atoms with Crippen molar-refractivity contribution in [2.24, 2.45) is 5.92 Å². The highest BCUT2D eigenvalue weighted by Gasteiger charge is 2.08. The van der Waals surface area contributed by atoms with E-state index in [0.717, 1.165) is 12.5 Å². The zero-order valence-electron chi connectivity index (χ0n) is 9.46. The molecule has 0 aromatic heterocycles. The fourth-order valence-corrected chi connectivity index (χ4v) is 1.31. The standard InChI is InChI=1S/C10H24N2/c1-9(2)7-12(6)8-10(3)11(4)5/h9-10H,7-8H2,1-6H3/t10-/m1/s1. The van der Waals surface area contributed by atoms with E-state index in [1.807, 2.05) is 0 Å². The summed E-state index contributed by atoms with van der Waals surface area (Å²) in [6, 6.07) is 0.647. The lowest BCUT2D eigenvalue weighted by molar-refractivity contribution is 0.206. The van der Waals surface area contributed by atoms with Crippen molar-refractivity contribution in [3.8, 4) is 0 Å². The van der Waals surface area contributed by atoms with Crippen LogP contribution in [0.25, 0.3) is 0 Å². The van der Waals surface area contributed by atoms with Crippen molar-refractivity contribution in [3.05, 3.63) is 0 Å². The lowest BCUT2D eigenvalue weighted by Gasteiger charge is -2.26. The fraction of sp³-hybridized carbons (Fsp3) is 1.00. The normalized spacial score (nSPS) is 14.8. The number of hydrogen-bond donors (Lipinski definition) is 0. The zero-order chi connectivity index (χ0) is 9.72. The van der Waals surface area contributed by atoms with E-state index in [9.17, 15) is 0 Å². The number of rotatable bonds is 5. The fourth-order valence-electron chi connectivity index (χ4n) is 1.31. The Morgan fingerprint density at radius 3 is 1.75 bits per heavy atom. The smallest absolute Gasteiger partial charge is 0.0188 e. The largest absolute Gasteiger partial charge is 0.305 e. The van der Waals surface area contributed by atoms with Crippen LogP contribution in [0, 0.1) is 5.92 Å². The van der Waals surface area contributed by atoms with E-state index in [0.29, 0.717) is 6.04 Å². The first kappa shape index (κ1) is 11.9. The number of nitrogens with zero attached hydrogens (tertiary/aromatic N) is 2. The van der Waals surface area contributed by atoms with Crippen molar-refractivity contribution in [3.63, 3.8) is 0 Å². The molecule has 74 valence electrons. The van der Waals surface area contributed by atoms with Gasteiger partial charge in [-0.1, -0.05) is 13.8 Å². The molecule has 0 spiro atoms. The Morgan fingerprint density at radius 2 is 1.42 bits per heavy atom. The maximum atomic E-state index is 2.40. The van der Waals surface area contributed by atoms with Crippen LogP contribution in [-0.2, 0) is 0 Å². The molecule has 0 heterocycles. The van der Waals surface area contributed by atoms with Gasteiger partial charge in [-0.25, -0.2) is 0 Å². The number of hydrogen-bond acceptors (Lipinski definition) is 2. The van der Waals surface area contributed by atoms with E-state index in [2.05, 4.69) is 51.7 Å². The van der Waals surface area contributed by atoms with Gasteiger partial charge in [-0.3, -0.25) is 0 Å². The molecule has 0 aromatic carbocycles. The summed E-state index contributed by atoms with van der Waals surface area (Å²) in [5, 5.41) is 0. The van der Waals surface area contributed by atoms with Gasteiger partial charge in [0.2, 0.25) is 0 Å². The minimum Gasteiger partial charge on any atom is -0.305 e. The summed E-state index contributed by atoms with van der Waals surface area (Å²) in [5.74, 6) is 0.768. The molecule has 2 nitrogen and oxygen atoms in total. The van der Waals surface area contributed by atoms with Crippen LogP contribution < -0.4 is 0 Å². The monoisotopic (exact) mass is 172 g/mol.